The Morgan fingerprint density at radius 1 is 1.14 bits per heavy atom. The van der Waals surface area contributed by atoms with Crippen LogP contribution < -0.4 is 10.6 Å². The highest BCUT2D eigenvalue weighted by Gasteiger charge is 2.35. The predicted molar refractivity (Wildman–Crippen MR) is 119 cm³/mol. The van der Waals surface area contributed by atoms with Crippen LogP contribution in [0.3, 0.4) is 0 Å². The molecule has 0 bridgehead atoms. The van der Waals surface area contributed by atoms with Crippen molar-refractivity contribution in [1.29, 1.82) is 0 Å². The fourth-order valence-electron chi connectivity index (χ4n) is 4.87. The van der Waals surface area contributed by atoms with Gasteiger partial charge in [0.2, 0.25) is 5.92 Å². The Morgan fingerprint density at radius 2 is 1.90 bits per heavy atom. The molecule has 1 saturated carbocycles. The molecule has 1 aliphatic heterocycles. The number of nitrogens with one attached hydrogen (secondary N) is 2. The molecule has 4 rings (SSSR count). The molecule has 2 N–H and O–H groups in total. The molecule has 1 aromatic heterocycles. The lowest BCUT2D eigenvalue weighted by Gasteiger charge is -2.28. The average molecular weight is 468 g/mol. The lowest BCUT2D eigenvalue weighted by molar-refractivity contribution is -0.0472. The summed E-state index contributed by atoms with van der Waals surface area (Å²) in [4.78, 5) is 0. The zero-order valence-electron chi connectivity index (χ0n) is 17.0. The molecule has 2 aliphatic rings. The number of nitrogens with zero attached hydrogens (tertiary/aromatic N) is 1. The third-order valence-corrected chi connectivity index (χ3v) is 7.11. The Balaban J connectivity index is 1.39. The van der Waals surface area contributed by atoms with Crippen molar-refractivity contribution >= 4 is 26.8 Å². The molecule has 6 heteroatoms. The van der Waals surface area contributed by atoms with Crippen molar-refractivity contribution < 1.29 is 8.78 Å². The second-order valence-corrected chi connectivity index (χ2v) is 9.77. The maximum absolute atomic E-state index is 13.5. The summed E-state index contributed by atoms with van der Waals surface area (Å²) in [7, 11) is 0. The van der Waals surface area contributed by atoms with Gasteiger partial charge in [-0.15, -0.1) is 0 Å². The number of benzene rings is 1. The number of aryl methyl sites for hydroxylation is 1. The van der Waals surface area contributed by atoms with E-state index in [1.165, 1.54) is 29.3 Å². The van der Waals surface area contributed by atoms with E-state index in [0.717, 1.165) is 43.5 Å². The number of alkyl halides is 2. The second kappa shape index (κ2) is 9.44. The van der Waals surface area contributed by atoms with E-state index >= 15 is 0 Å². The smallest absolute Gasteiger partial charge is 0.248 e. The van der Waals surface area contributed by atoms with Crippen molar-refractivity contribution in [1.82, 2.24) is 15.2 Å². The predicted octanol–water partition coefficient (Wildman–Crippen LogP) is 5.50. The Kier molecular flexibility index (Phi) is 6.92. The number of fused-ring (bicyclic) bond motifs is 1. The van der Waals surface area contributed by atoms with Crippen molar-refractivity contribution in [2.45, 2.75) is 69.9 Å². The lowest BCUT2D eigenvalue weighted by Crippen LogP contribution is -2.40. The first kappa shape index (κ1) is 21.3. The molecule has 2 fully saturated rings. The van der Waals surface area contributed by atoms with Gasteiger partial charge in [0.15, 0.2) is 0 Å². The fraction of sp³-hybridized carbons (Fsp3) is 0.652. The first-order valence-electron chi connectivity index (χ1n) is 11.1. The molecular weight excluding hydrogens is 436 g/mol. The molecule has 3 nitrogen and oxygen atoms in total. The van der Waals surface area contributed by atoms with Crippen LogP contribution in [0.4, 0.5) is 8.78 Å². The van der Waals surface area contributed by atoms with Crippen molar-refractivity contribution in [2.75, 3.05) is 19.6 Å². The van der Waals surface area contributed by atoms with E-state index in [1.54, 1.807) is 0 Å². The maximum Gasteiger partial charge on any atom is 0.248 e. The maximum atomic E-state index is 13.5. The van der Waals surface area contributed by atoms with Crippen LogP contribution in [-0.2, 0) is 13.0 Å². The third-order valence-electron chi connectivity index (χ3n) is 6.61. The zero-order chi connectivity index (χ0) is 20.3. The first-order valence-corrected chi connectivity index (χ1v) is 11.9. The minimum Gasteiger partial charge on any atom is -0.347 e. The molecular formula is C23H32BrF2N3. The molecule has 29 heavy (non-hydrogen) atoms. The normalized spacial score (nSPS) is 21.1. The van der Waals surface area contributed by atoms with Crippen LogP contribution in [0.1, 0.15) is 50.5 Å². The van der Waals surface area contributed by atoms with E-state index in [9.17, 15) is 8.78 Å². The number of hydrogen-bond donors (Lipinski definition) is 2. The van der Waals surface area contributed by atoms with Gasteiger partial charge < -0.3 is 15.2 Å². The van der Waals surface area contributed by atoms with Crippen LogP contribution in [0, 0.1) is 5.92 Å². The van der Waals surface area contributed by atoms with Crippen LogP contribution in [0.25, 0.3) is 10.9 Å². The molecule has 1 aromatic carbocycles. The summed E-state index contributed by atoms with van der Waals surface area (Å²) >= 11 is 3.61. The summed E-state index contributed by atoms with van der Waals surface area (Å²) in [6.45, 7) is 4.13. The highest BCUT2D eigenvalue weighted by Crippen LogP contribution is 2.37. The van der Waals surface area contributed by atoms with Gasteiger partial charge in [0, 0.05) is 47.0 Å². The Hall–Kier alpha value is -0.980. The minimum absolute atomic E-state index is 0.0393. The quantitative estimate of drug-likeness (QED) is 0.526. The molecule has 160 valence electrons. The second-order valence-electron chi connectivity index (χ2n) is 8.85. The van der Waals surface area contributed by atoms with Gasteiger partial charge in [-0.2, -0.15) is 0 Å². The molecule has 1 saturated heterocycles. The van der Waals surface area contributed by atoms with Crippen LogP contribution in [-0.4, -0.2) is 36.2 Å². The van der Waals surface area contributed by atoms with E-state index in [-0.39, 0.29) is 12.8 Å². The van der Waals surface area contributed by atoms with Gasteiger partial charge >= 0.3 is 0 Å². The van der Waals surface area contributed by atoms with Gasteiger partial charge in [-0.1, -0.05) is 15.9 Å². The molecule has 2 aromatic rings. The van der Waals surface area contributed by atoms with E-state index < -0.39 is 5.92 Å². The highest BCUT2D eigenvalue weighted by atomic mass is 79.9. The highest BCUT2D eigenvalue weighted by molar-refractivity contribution is 9.10. The van der Waals surface area contributed by atoms with Crippen LogP contribution >= 0.6 is 15.9 Å². The Bertz CT molecular complexity index is 804. The molecule has 0 unspecified atom stereocenters. The Morgan fingerprint density at radius 3 is 2.66 bits per heavy atom. The summed E-state index contributed by atoms with van der Waals surface area (Å²) in [5.41, 5.74) is 2.60. The summed E-state index contributed by atoms with van der Waals surface area (Å²) < 4.78 is 30.4. The average Bonchev–Trinajstić information content (AvgIpc) is 3.04. The summed E-state index contributed by atoms with van der Waals surface area (Å²) in [6.07, 6.45) is 8.19. The van der Waals surface area contributed by atoms with Gasteiger partial charge in [0.05, 0.1) is 0 Å². The number of aromatic nitrogens is 1. The topological polar surface area (TPSA) is 29.0 Å². The Labute approximate surface area is 180 Å². The zero-order valence-corrected chi connectivity index (χ0v) is 18.6. The molecule has 0 amide bonds. The van der Waals surface area contributed by atoms with E-state index in [0.29, 0.717) is 24.8 Å². The van der Waals surface area contributed by atoms with Crippen molar-refractivity contribution in [2.24, 2.45) is 5.92 Å². The van der Waals surface area contributed by atoms with Crippen LogP contribution in [0.15, 0.2) is 28.9 Å². The molecule has 1 aliphatic carbocycles. The lowest BCUT2D eigenvalue weighted by atomic mass is 9.87. The summed E-state index contributed by atoms with van der Waals surface area (Å²) in [5, 5.41) is 8.41. The standard InChI is InChI=1S/C23H32BrF2N3/c24-19-3-4-22-21(14-19)18(2-1-11-28-20-7-12-27-13-8-20)16-29(22)15-17-5-9-23(25,26)10-6-17/h3-4,14,16-17,20,27-28H,1-2,5-13,15H2. The molecule has 0 radical (unpaired) electrons. The van der Waals surface area contributed by atoms with E-state index in [4.69, 9.17) is 0 Å². The largest absolute Gasteiger partial charge is 0.347 e. The van der Waals surface area contributed by atoms with Crippen molar-refractivity contribution in [3.8, 4) is 0 Å². The van der Waals surface area contributed by atoms with Gasteiger partial charge in [-0.05, 0) is 87.8 Å². The minimum atomic E-state index is -2.45. The van der Waals surface area contributed by atoms with Gasteiger partial charge in [0.25, 0.3) is 0 Å². The van der Waals surface area contributed by atoms with Gasteiger partial charge in [0.1, 0.15) is 0 Å². The molecule has 2 heterocycles. The van der Waals surface area contributed by atoms with E-state index in [2.05, 4.69) is 55.5 Å². The molecule has 0 atom stereocenters. The summed E-state index contributed by atoms with van der Waals surface area (Å²) in [5.74, 6) is -2.10. The third kappa shape index (κ3) is 5.59. The van der Waals surface area contributed by atoms with Gasteiger partial charge in [-0.3, -0.25) is 0 Å². The van der Waals surface area contributed by atoms with Crippen molar-refractivity contribution in [3.63, 3.8) is 0 Å². The monoisotopic (exact) mass is 467 g/mol. The van der Waals surface area contributed by atoms with Crippen LogP contribution in [0.2, 0.25) is 0 Å². The van der Waals surface area contributed by atoms with Crippen molar-refractivity contribution in [3.05, 3.63) is 34.4 Å². The number of hydrogen-bond acceptors (Lipinski definition) is 2. The SMILES string of the molecule is FC1(F)CCC(Cn2cc(CCCNC3CCNCC3)c3cc(Br)ccc32)CC1. The first-order chi connectivity index (χ1) is 14.0. The van der Waals surface area contributed by atoms with E-state index in [1.807, 2.05) is 0 Å². The number of rotatable bonds is 7. The number of piperidine rings is 1. The van der Waals surface area contributed by atoms with Crippen LogP contribution in [0.5, 0.6) is 0 Å². The number of halogens is 3. The summed E-state index contributed by atoms with van der Waals surface area (Å²) in [6, 6.07) is 7.09. The van der Waals surface area contributed by atoms with Gasteiger partial charge in [-0.25, -0.2) is 8.78 Å². The fourth-order valence-corrected chi connectivity index (χ4v) is 5.23. The molecule has 0 spiro atoms.